The molecule has 0 radical (unpaired) electrons. The number of hydrogen-bond donors (Lipinski definition) is 2. The van der Waals surface area contributed by atoms with E-state index < -0.39 is 6.04 Å². The van der Waals surface area contributed by atoms with Crippen molar-refractivity contribution in [3.63, 3.8) is 0 Å². The number of amides is 2. The fraction of sp³-hybridized carbons (Fsp3) is 0.241. The Bertz CT molecular complexity index is 1290. The van der Waals surface area contributed by atoms with E-state index in [9.17, 15) is 9.59 Å². The lowest BCUT2D eigenvalue weighted by atomic mass is 9.95. The number of benzene rings is 3. The minimum absolute atomic E-state index is 0.0920. The predicted octanol–water partition coefficient (Wildman–Crippen LogP) is 6.27. The third kappa shape index (κ3) is 5.47. The summed E-state index contributed by atoms with van der Waals surface area (Å²) in [5.74, 6) is -0.289. The molecule has 6 heteroatoms. The number of allylic oxidation sites excluding steroid dienone is 1. The minimum Gasteiger partial charge on any atom is -0.354 e. The lowest BCUT2D eigenvalue weighted by Crippen LogP contribution is -2.45. The Morgan fingerprint density at radius 2 is 1.83 bits per heavy atom. The van der Waals surface area contributed by atoms with Crippen LogP contribution in [-0.4, -0.2) is 24.4 Å². The largest absolute Gasteiger partial charge is 0.354 e. The van der Waals surface area contributed by atoms with Crippen LogP contribution in [0.5, 0.6) is 0 Å². The van der Waals surface area contributed by atoms with Gasteiger partial charge in [-0.1, -0.05) is 59.8 Å². The fourth-order valence-electron chi connectivity index (χ4n) is 4.62. The number of fused-ring (bicyclic) bond motifs is 2. The van der Waals surface area contributed by atoms with Gasteiger partial charge >= 0.3 is 0 Å². The maximum absolute atomic E-state index is 13.0. The maximum atomic E-state index is 13.0. The van der Waals surface area contributed by atoms with Gasteiger partial charge in [-0.2, -0.15) is 0 Å². The van der Waals surface area contributed by atoms with E-state index in [1.54, 1.807) is 11.8 Å². The maximum Gasteiger partial charge on any atom is 0.251 e. The first-order chi connectivity index (χ1) is 17.1. The van der Waals surface area contributed by atoms with E-state index in [4.69, 9.17) is 11.6 Å². The summed E-state index contributed by atoms with van der Waals surface area (Å²) in [5.41, 5.74) is 5.24. The van der Waals surface area contributed by atoms with E-state index in [2.05, 4.69) is 53.1 Å². The molecule has 1 saturated heterocycles. The summed E-state index contributed by atoms with van der Waals surface area (Å²) in [4.78, 5) is 27.6. The second-order valence-corrected chi connectivity index (χ2v) is 10.4. The zero-order valence-electron chi connectivity index (χ0n) is 19.4. The van der Waals surface area contributed by atoms with Crippen molar-refractivity contribution in [2.24, 2.45) is 0 Å². The van der Waals surface area contributed by atoms with Crippen LogP contribution in [0.1, 0.15) is 52.7 Å². The molecule has 2 aliphatic heterocycles. The van der Waals surface area contributed by atoms with Crippen molar-refractivity contribution in [1.82, 2.24) is 10.6 Å². The molecule has 2 amide bonds. The van der Waals surface area contributed by atoms with Crippen molar-refractivity contribution in [2.75, 3.05) is 6.54 Å². The second-order valence-electron chi connectivity index (χ2n) is 8.90. The molecular weight excluding hydrogens is 476 g/mol. The molecule has 35 heavy (non-hydrogen) atoms. The quantitative estimate of drug-likeness (QED) is 0.444. The molecule has 0 aromatic heterocycles. The third-order valence-corrected chi connectivity index (χ3v) is 7.92. The van der Waals surface area contributed by atoms with Crippen LogP contribution in [0.15, 0.2) is 82.6 Å². The summed E-state index contributed by atoms with van der Waals surface area (Å²) in [6.07, 6.45) is 6.48. The van der Waals surface area contributed by atoms with Crippen LogP contribution in [0.4, 0.5) is 0 Å². The van der Waals surface area contributed by atoms with Gasteiger partial charge in [-0.25, -0.2) is 0 Å². The van der Waals surface area contributed by atoms with Gasteiger partial charge in [0.15, 0.2) is 0 Å². The van der Waals surface area contributed by atoms with Crippen LogP contribution in [0, 0.1) is 0 Å². The standard InChI is InChI=1S/C29H27ClN2O2S/c30-22-14-11-19(12-15-22)23-8-5-6-20-18-21(28(33)32-25-9-3-4-17-31-29(25)34)13-16-26(20)35-27-10-2-1-7-24(23)27/h1-2,7-8,10-16,18,25H,3-6,9,17H2,(H,31,34)(H,32,33)/b23-8+. The predicted molar refractivity (Wildman–Crippen MR) is 142 cm³/mol. The molecule has 4 nitrogen and oxygen atoms in total. The van der Waals surface area contributed by atoms with Crippen LogP contribution < -0.4 is 10.6 Å². The van der Waals surface area contributed by atoms with E-state index >= 15 is 0 Å². The average Bonchev–Trinajstić information content (AvgIpc) is 3.02. The van der Waals surface area contributed by atoms with Crippen molar-refractivity contribution in [1.29, 1.82) is 0 Å². The number of carbonyl (C=O) groups excluding carboxylic acids is 2. The Kier molecular flexibility index (Phi) is 7.26. The summed E-state index contributed by atoms with van der Waals surface area (Å²) in [6.45, 7) is 0.675. The minimum atomic E-state index is -0.471. The normalized spacial score (nSPS) is 19.4. The van der Waals surface area contributed by atoms with Crippen LogP contribution >= 0.6 is 23.4 Å². The molecule has 1 fully saturated rings. The Morgan fingerprint density at radius 3 is 2.69 bits per heavy atom. The van der Waals surface area contributed by atoms with Crippen LogP contribution in [0.25, 0.3) is 5.57 Å². The Labute approximate surface area is 215 Å². The molecule has 0 bridgehead atoms. The van der Waals surface area contributed by atoms with Crippen LogP contribution in [0.2, 0.25) is 5.02 Å². The van der Waals surface area contributed by atoms with Gasteiger partial charge < -0.3 is 10.6 Å². The first-order valence-corrected chi connectivity index (χ1v) is 13.2. The van der Waals surface area contributed by atoms with Gasteiger partial charge in [0.2, 0.25) is 5.91 Å². The van der Waals surface area contributed by atoms with Crippen molar-refractivity contribution < 1.29 is 9.59 Å². The number of halogens is 1. The number of rotatable bonds is 3. The zero-order chi connectivity index (χ0) is 24.2. The van der Waals surface area contributed by atoms with Crippen molar-refractivity contribution in [3.8, 4) is 0 Å². The topological polar surface area (TPSA) is 58.2 Å². The van der Waals surface area contributed by atoms with E-state index in [1.165, 1.54) is 16.0 Å². The van der Waals surface area contributed by atoms with Gasteiger partial charge in [0.25, 0.3) is 5.91 Å². The molecular formula is C29H27ClN2O2S. The molecule has 3 aromatic carbocycles. The Hall–Kier alpha value is -3.02. The highest BCUT2D eigenvalue weighted by Gasteiger charge is 2.23. The lowest BCUT2D eigenvalue weighted by molar-refractivity contribution is -0.122. The molecule has 0 spiro atoms. The number of nitrogens with one attached hydrogen (secondary N) is 2. The first-order valence-electron chi connectivity index (χ1n) is 12.0. The second kappa shape index (κ2) is 10.7. The highest BCUT2D eigenvalue weighted by atomic mass is 35.5. The average molecular weight is 503 g/mol. The Balaban J connectivity index is 1.44. The molecule has 0 aliphatic carbocycles. The van der Waals surface area contributed by atoms with Gasteiger partial charge in [0, 0.05) is 26.9 Å². The van der Waals surface area contributed by atoms with Crippen LogP contribution in [-0.2, 0) is 11.2 Å². The molecule has 178 valence electrons. The SMILES string of the molecule is O=C(NC1CCCCNC1=O)c1ccc2c(c1)CC/C=C(\c1ccc(Cl)cc1)c1ccccc1S2. The lowest BCUT2D eigenvalue weighted by Gasteiger charge is -2.16. The van der Waals surface area contributed by atoms with E-state index in [-0.39, 0.29) is 11.8 Å². The van der Waals surface area contributed by atoms with E-state index in [1.807, 2.05) is 30.3 Å². The third-order valence-electron chi connectivity index (χ3n) is 6.48. The fourth-order valence-corrected chi connectivity index (χ4v) is 5.84. The van der Waals surface area contributed by atoms with Crippen molar-refractivity contribution in [3.05, 3.63) is 100 Å². The molecule has 1 atom stereocenters. The van der Waals surface area contributed by atoms with Gasteiger partial charge in [0.05, 0.1) is 0 Å². The smallest absolute Gasteiger partial charge is 0.251 e. The first kappa shape index (κ1) is 23.7. The Morgan fingerprint density at radius 1 is 1.00 bits per heavy atom. The molecule has 0 saturated carbocycles. The van der Waals surface area contributed by atoms with Crippen LogP contribution in [0.3, 0.4) is 0 Å². The number of carbonyl (C=O) groups is 2. The molecule has 3 aromatic rings. The summed E-state index contributed by atoms with van der Waals surface area (Å²) in [5, 5.41) is 6.54. The van der Waals surface area contributed by atoms with Gasteiger partial charge in [0.1, 0.15) is 6.04 Å². The van der Waals surface area contributed by atoms with Gasteiger partial charge in [-0.05, 0) is 90.8 Å². The molecule has 5 rings (SSSR count). The van der Waals surface area contributed by atoms with Gasteiger partial charge in [-0.3, -0.25) is 9.59 Å². The van der Waals surface area contributed by atoms with Gasteiger partial charge in [-0.15, -0.1) is 0 Å². The number of aryl methyl sites for hydroxylation is 1. The summed E-state index contributed by atoms with van der Waals surface area (Å²) < 4.78 is 0. The highest BCUT2D eigenvalue weighted by Crippen LogP contribution is 2.40. The van der Waals surface area contributed by atoms with E-state index in [0.29, 0.717) is 18.5 Å². The van der Waals surface area contributed by atoms with Crippen molar-refractivity contribution >= 4 is 40.8 Å². The highest BCUT2D eigenvalue weighted by molar-refractivity contribution is 7.99. The molecule has 2 heterocycles. The number of hydrogen-bond acceptors (Lipinski definition) is 3. The summed E-state index contributed by atoms with van der Waals surface area (Å²) in [7, 11) is 0. The zero-order valence-corrected chi connectivity index (χ0v) is 20.9. The summed E-state index contributed by atoms with van der Waals surface area (Å²) >= 11 is 7.86. The van der Waals surface area contributed by atoms with Crippen molar-refractivity contribution in [2.45, 2.75) is 47.9 Å². The monoisotopic (exact) mass is 502 g/mol. The molecule has 2 aliphatic rings. The van der Waals surface area contributed by atoms with E-state index in [0.717, 1.165) is 46.7 Å². The molecule has 1 unspecified atom stereocenters. The summed E-state index contributed by atoms with van der Waals surface area (Å²) in [6, 6.07) is 21.8. The molecule has 2 N–H and O–H groups in total.